The second kappa shape index (κ2) is 5.86. The first-order valence-electron chi connectivity index (χ1n) is 7.85. The normalized spacial score (nSPS) is 11.0. The van der Waals surface area contributed by atoms with Crippen LogP contribution in [0.5, 0.6) is 0 Å². The average molecular weight is 332 g/mol. The second-order valence-electron chi connectivity index (χ2n) is 5.77. The Morgan fingerprint density at radius 1 is 1.08 bits per heavy atom. The van der Waals surface area contributed by atoms with E-state index >= 15 is 0 Å². The predicted octanol–water partition coefficient (Wildman–Crippen LogP) is 2.71. The zero-order valence-electron chi connectivity index (χ0n) is 13.8. The summed E-state index contributed by atoms with van der Waals surface area (Å²) in [5.41, 5.74) is 2.97. The van der Waals surface area contributed by atoms with Gasteiger partial charge in [0.05, 0.1) is 16.9 Å². The van der Waals surface area contributed by atoms with Crippen molar-refractivity contribution in [3.8, 4) is 5.69 Å². The lowest BCUT2D eigenvalue weighted by Gasteiger charge is -2.11. The van der Waals surface area contributed by atoms with Crippen LogP contribution in [0.4, 0.5) is 5.69 Å². The maximum atomic E-state index is 12.9. The number of nitrogens with zero attached hydrogens (tertiary/aromatic N) is 5. The van der Waals surface area contributed by atoms with Gasteiger partial charge in [-0.05, 0) is 47.7 Å². The highest BCUT2D eigenvalue weighted by Crippen LogP contribution is 2.25. The van der Waals surface area contributed by atoms with Crippen molar-refractivity contribution in [2.75, 3.05) is 5.32 Å². The van der Waals surface area contributed by atoms with Crippen LogP contribution in [0.15, 0.2) is 54.7 Å². The van der Waals surface area contributed by atoms with E-state index in [0.717, 1.165) is 16.6 Å². The Labute approximate surface area is 143 Å². The highest BCUT2D eigenvalue weighted by molar-refractivity contribution is 6.10. The Kier molecular flexibility index (Phi) is 3.53. The van der Waals surface area contributed by atoms with Crippen molar-refractivity contribution >= 4 is 22.5 Å². The molecule has 2 aromatic carbocycles. The number of tetrazole rings is 1. The number of hydrogen-bond acceptors (Lipinski definition) is 4. The Bertz CT molecular complexity index is 1080. The minimum atomic E-state index is -0.207. The summed E-state index contributed by atoms with van der Waals surface area (Å²) in [7, 11) is 1.98. The van der Waals surface area contributed by atoms with Crippen molar-refractivity contribution in [2.45, 2.75) is 6.92 Å². The van der Waals surface area contributed by atoms with E-state index in [1.54, 1.807) is 17.7 Å². The van der Waals surface area contributed by atoms with Crippen LogP contribution in [0.25, 0.3) is 16.6 Å². The standard InChI is InChI=1S/C18H16N6O/c1-12-20-21-22-24(12)17-8-4-3-6-14(17)18(25)19-15-7-5-9-16-13(15)10-11-23(16)2/h3-11H,1-2H3,(H,19,25). The average Bonchev–Trinajstić information content (AvgIpc) is 3.22. The SMILES string of the molecule is Cc1nnnn1-c1ccccc1C(=O)Nc1cccc2c1ccn2C. The third kappa shape index (κ3) is 2.55. The van der Waals surface area contributed by atoms with Crippen LogP contribution >= 0.6 is 0 Å². The molecule has 0 bridgehead atoms. The van der Waals surface area contributed by atoms with Gasteiger partial charge in [-0.3, -0.25) is 4.79 Å². The second-order valence-corrected chi connectivity index (χ2v) is 5.77. The Balaban J connectivity index is 1.74. The van der Waals surface area contributed by atoms with Crippen molar-refractivity contribution in [2.24, 2.45) is 7.05 Å². The van der Waals surface area contributed by atoms with Gasteiger partial charge in [-0.2, -0.15) is 4.68 Å². The fourth-order valence-corrected chi connectivity index (χ4v) is 2.91. The minimum Gasteiger partial charge on any atom is -0.350 e. The summed E-state index contributed by atoms with van der Waals surface area (Å²) in [5, 5.41) is 15.5. The molecule has 0 aliphatic rings. The molecule has 0 fully saturated rings. The maximum Gasteiger partial charge on any atom is 0.257 e. The molecule has 4 aromatic rings. The Hall–Kier alpha value is -3.48. The summed E-state index contributed by atoms with van der Waals surface area (Å²) >= 11 is 0. The maximum absolute atomic E-state index is 12.9. The van der Waals surface area contributed by atoms with Gasteiger partial charge in [-0.1, -0.05) is 18.2 Å². The van der Waals surface area contributed by atoms with Gasteiger partial charge in [0, 0.05) is 24.1 Å². The van der Waals surface area contributed by atoms with Crippen LogP contribution in [-0.4, -0.2) is 30.7 Å². The molecule has 4 rings (SSSR count). The van der Waals surface area contributed by atoms with Crippen molar-refractivity contribution < 1.29 is 4.79 Å². The molecule has 1 N–H and O–H groups in total. The first-order valence-corrected chi connectivity index (χ1v) is 7.85. The van der Waals surface area contributed by atoms with Crippen LogP contribution in [-0.2, 0) is 7.05 Å². The van der Waals surface area contributed by atoms with E-state index in [1.807, 2.05) is 60.3 Å². The minimum absolute atomic E-state index is 0.207. The molecule has 0 radical (unpaired) electrons. The quantitative estimate of drug-likeness (QED) is 0.626. The van der Waals surface area contributed by atoms with Crippen LogP contribution in [0.1, 0.15) is 16.2 Å². The van der Waals surface area contributed by atoms with Crippen LogP contribution < -0.4 is 5.32 Å². The molecule has 1 amide bonds. The summed E-state index contributed by atoms with van der Waals surface area (Å²) in [6, 6.07) is 15.1. The number of aryl methyl sites for hydroxylation is 2. The number of amides is 1. The van der Waals surface area contributed by atoms with Crippen molar-refractivity contribution in [1.82, 2.24) is 24.8 Å². The molecule has 2 heterocycles. The summed E-state index contributed by atoms with van der Waals surface area (Å²) in [6.07, 6.45) is 1.97. The Morgan fingerprint density at radius 2 is 1.92 bits per heavy atom. The summed E-state index contributed by atoms with van der Waals surface area (Å²) in [6.45, 7) is 1.79. The van der Waals surface area contributed by atoms with Crippen molar-refractivity contribution in [3.63, 3.8) is 0 Å². The molecular formula is C18H16N6O. The molecule has 0 spiro atoms. The van der Waals surface area contributed by atoms with Gasteiger partial charge in [0.25, 0.3) is 5.91 Å². The van der Waals surface area contributed by atoms with Gasteiger partial charge in [0.2, 0.25) is 0 Å². The first-order chi connectivity index (χ1) is 12.1. The molecule has 0 unspecified atom stereocenters. The first kappa shape index (κ1) is 15.1. The predicted molar refractivity (Wildman–Crippen MR) is 94.8 cm³/mol. The number of fused-ring (bicyclic) bond motifs is 1. The number of rotatable bonds is 3. The molecule has 2 aromatic heterocycles. The molecule has 0 aliphatic carbocycles. The molecule has 7 heteroatoms. The highest BCUT2D eigenvalue weighted by Gasteiger charge is 2.16. The largest absolute Gasteiger partial charge is 0.350 e. The van der Waals surface area contributed by atoms with E-state index in [9.17, 15) is 4.79 Å². The summed E-state index contributed by atoms with van der Waals surface area (Å²) in [5.74, 6) is 0.410. The molecule has 0 atom stereocenters. The van der Waals surface area contributed by atoms with Gasteiger partial charge in [0.15, 0.2) is 5.82 Å². The smallest absolute Gasteiger partial charge is 0.257 e. The topological polar surface area (TPSA) is 77.6 Å². The molecule has 7 nitrogen and oxygen atoms in total. The number of nitrogens with one attached hydrogen (secondary N) is 1. The number of para-hydroxylation sites is 1. The fourth-order valence-electron chi connectivity index (χ4n) is 2.91. The molecular weight excluding hydrogens is 316 g/mol. The Morgan fingerprint density at radius 3 is 2.72 bits per heavy atom. The molecule has 124 valence electrons. The number of benzene rings is 2. The monoisotopic (exact) mass is 332 g/mol. The van der Waals surface area contributed by atoms with Gasteiger partial charge >= 0.3 is 0 Å². The highest BCUT2D eigenvalue weighted by atomic mass is 16.1. The van der Waals surface area contributed by atoms with Gasteiger partial charge in [-0.15, -0.1) is 5.10 Å². The third-order valence-electron chi connectivity index (χ3n) is 4.18. The summed E-state index contributed by atoms with van der Waals surface area (Å²) in [4.78, 5) is 12.9. The number of aromatic nitrogens is 5. The van der Waals surface area contributed by atoms with E-state index in [-0.39, 0.29) is 5.91 Å². The molecule has 0 saturated carbocycles. The lowest BCUT2D eigenvalue weighted by atomic mass is 10.1. The van der Waals surface area contributed by atoms with E-state index in [2.05, 4.69) is 20.8 Å². The van der Waals surface area contributed by atoms with E-state index in [1.165, 1.54) is 0 Å². The zero-order chi connectivity index (χ0) is 17.4. The fraction of sp³-hybridized carbons (Fsp3) is 0.111. The zero-order valence-corrected chi connectivity index (χ0v) is 13.8. The van der Waals surface area contributed by atoms with E-state index < -0.39 is 0 Å². The van der Waals surface area contributed by atoms with Gasteiger partial charge in [-0.25, -0.2) is 0 Å². The van der Waals surface area contributed by atoms with E-state index in [0.29, 0.717) is 17.1 Å². The molecule has 25 heavy (non-hydrogen) atoms. The third-order valence-corrected chi connectivity index (χ3v) is 4.18. The van der Waals surface area contributed by atoms with Gasteiger partial charge < -0.3 is 9.88 Å². The van der Waals surface area contributed by atoms with Crippen LogP contribution in [0, 0.1) is 6.92 Å². The number of hydrogen-bond donors (Lipinski definition) is 1. The summed E-state index contributed by atoms with van der Waals surface area (Å²) < 4.78 is 3.57. The van der Waals surface area contributed by atoms with E-state index in [4.69, 9.17) is 0 Å². The number of carbonyl (C=O) groups excluding carboxylic acids is 1. The van der Waals surface area contributed by atoms with Crippen LogP contribution in [0.3, 0.4) is 0 Å². The van der Waals surface area contributed by atoms with Crippen LogP contribution in [0.2, 0.25) is 0 Å². The number of anilines is 1. The van der Waals surface area contributed by atoms with Crippen molar-refractivity contribution in [3.05, 3.63) is 66.1 Å². The lowest BCUT2D eigenvalue weighted by Crippen LogP contribution is -2.16. The molecule has 0 saturated heterocycles. The van der Waals surface area contributed by atoms with Gasteiger partial charge in [0.1, 0.15) is 0 Å². The lowest BCUT2D eigenvalue weighted by molar-refractivity contribution is 0.102. The molecule has 0 aliphatic heterocycles. The van der Waals surface area contributed by atoms with Crippen molar-refractivity contribution in [1.29, 1.82) is 0 Å². The number of carbonyl (C=O) groups is 1.